The van der Waals surface area contributed by atoms with E-state index in [0.717, 1.165) is 0 Å². The number of aliphatic imine (C=N–C) groups is 1. The molecule has 0 saturated carbocycles. The molecule has 12 heteroatoms. The van der Waals surface area contributed by atoms with Gasteiger partial charge >= 0.3 is 0 Å². The molecule has 4 aromatic rings. The van der Waals surface area contributed by atoms with Crippen LogP contribution in [0.2, 0.25) is 0 Å². The zero-order valence-electron chi connectivity index (χ0n) is 19.3. The van der Waals surface area contributed by atoms with E-state index in [9.17, 15) is 8.42 Å². The Labute approximate surface area is 201 Å². The molecule has 0 fully saturated rings. The van der Waals surface area contributed by atoms with Crippen molar-refractivity contribution < 1.29 is 17.9 Å². The number of benzene rings is 2. The maximum atomic E-state index is 13.9. The van der Waals surface area contributed by atoms with Crippen LogP contribution in [0.15, 0.2) is 65.0 Å². The van der Waals surface area contributed by atoms with E-state index >= 15 is 0 Å². The summed E-state index contributed by atoms with van der Waals surface area (Å²) in [5, 5.41) is 3.32. The Kier molecular flexibility index (Phi) is 5.73. The third kappa shape index (κ3) is 3.81. The average Bonchev–Trinajstić information content (AvgIpc) is 3.36. The van der Waals surface area contributed by atoms with Crippen LogP contribution in [-0.4, -0.2) is 54.5 Å². The Hall–Kier alpha value is -4.19. The Bertz CT molecular complexity index is 1530. The van der Waals surface area contributed by atoms with Crippen molar-refractivity contribution in [3.63, 3.8) is 0 Å². The van der Waals surface area contributed by atoms with Crippen LogP contribution in [0.3, 0.4) is 0 Å². The average molecular weight is 494 g/mol. The number of fused-ring (bicyclic) bond motifs is 2. The quantitative estimate of drug-likeness (QED) is 0.399. The first kappa shape index (κ1) is 22.6. The maximum Gasteiger partial charge on any atom is 0.271 e. The number of para-hydroxylation sites is 1. The topological polar surface area (TPSA) is 135 Å². The Morgan fingerprint density at radius 1 is 1.06 bits per heavy atom. The van der Waals surface area contributed by atoms with E-state index in [0.29, 0.717) is 52.1 Å². The molecule has 3 heterocycles. The summed E-state index contributed by atoms with van der Waals surface area (Å²) in [6.45, 7) is 1.93. The largest absolute Gasteiger partial charge is 0.493 e. The van der Waals surface area contributed by atoms with Gasteiger partial charge in [-0.3, -0.25) is 0 Å². The first-order valence-corrected chi connectivity index (χ1v) is 12.3. The number of aromatic nitrogens is 4. The minimum Gasteiger partial charge on any atom is -0.493 e. The lowest BCUT2D eigenvalue weighted by molar-refractivity contribution is 0.355. The SMILES string of the molecule is CCC(Nc1ncnc2[nH]cnc12)C1=Nc2ccccc2S(=O)(=O)N1c1ccc(OC)c(OC)c1. The van der Waals surface area contributed by atoms with Crippen molar-refractivity contribution in [2.45, 2.75) is 24.3 Å². The molecule has 1 aliphatic heterocycles. The van der Waals surface area contributed by atoms with Crippen LogP contribution in [-0.2, 0) is 10.0 Å². The van der Waals surface area contributed by atoms with E-state index < -0.39 is 16.1 Å². The number of aromatic amines is 1. The smallest absolute Gasteiger partial charge is 0.271 e. The van der Waals surface area contributed by atoms with Gasteiger partial charge in [0.25, 0.3) is 10.0 Å². The van der Waals surface area contributed by atoms with Crippen molar-refractivity contribution >= 4 is 44.2 Å². The Morgan fingerprint density at radius 2 is 1.86 bits per heavy atom. The first-order chi connectivity index (χ1) is 17.0. The third-order valence-electron chi connectivity index (χ3n) is 5.68. The van der Waals surface area contributed by atoms with Crippen LogP contribution in [0, 0.1) is 0 Å². The molecule has 1 aliphatic rings. The predicted molar refractivity (Wildman–Crippen MR) is 132 cm³/mol. The van der Waals surface area contributed by atoms with E-state index in [1.54, 1.807) is 42.5 Å². The molecule has 2 aromatic heterocycles. The normalized spacial score (nSPS) is 15.3. The van der Waals surface area contributed by atoms with Crippen molar-refractivity contribution in [1.82, 2.24) is 19.9 Å². The molecule has 0 bridgehead atoms. The first-order valence-electron chi connectivity index (χ1n) is 10.8. The number of rotatable bonds is 7. The molecular weight excluding hydrogens is 470 g/mol. The predicted octanol–water partition coefficient (Wildman–Crippen LogP) is 3.50. The van der Waals surface area contributed by atoms with Gasteiger partial charge in [0.1, 0.15) is 22.6 Å². The number of amidine groups is 1. The molecule has 0 saturated heterocycles. The van der Waals surface area contributed by atoms with Crippen molar-refractivity contribution in [3.05, 3.63) is 55.1 Å². The van der Waals surface area contributed by atoms with Crippen LogP contribution in [0.1, 0.15) is 13.3 Å². The fourth-order valence-corrected chi connectivity index (χ4v) is 5.61. The standard InChI is InChI=1S/C23H23N7O4S/c1-4-15(28-22-20-21(25-12-24-20)26-13-27-22)23-29-16-7-5-6-8-19(16)35(31,32)30(23)14-9-10-17(33-2)18(11-14)34-3/h5-13,15H,4H2,1-3H3,(H2,24,25,26,27,28). The van der Waals surface area contributed by atoms with Crippen LogP contribution in [0.4, 0.5) is 17.2 Å². The molecule has 180 valence electrons. The summed E-state index contributed by atoms with van der Waals surface area (Å²) in [6.07, 6.45) is 3.45. The minimum atomic E-state index is -4.00. The van der Waals surface area contributed by atoms with Gasteiger partial charge in [-0.2, -0.15) is 0 Å². The summed E-state index contributed by atoms with van der Waals surface area (Å²) in [4.78, 5) is 20.6. The molecule has 2 aromatic carbocycles. The maximum absolute atomic E-state index is 13.9. The lowest BCUT2D eigenvalue weighted by Crippen LogP contribution is -2.48. The van der Waals surface area contributed by atoms with Gasteiger partial charge < -0.3 is 19.8 Å². The highest BCUT2D eigenvalue weighted by Gasteiger charge is 2.39. The lowest BCUT2D eigenvalue weighted by Gasteiger charge is -2.34. The molecule has 0 aliphatic carbocycles. The van der Waals surface area contributed by atoms with E-state index in [2.05, 4.69) is 25.3 Å². The lowest BCUT2D eigenvalue weighted by atomic mass is 10.1. The van der Waals surface area contributed by atoms with Gasteiger partial charge in [0.05, 0.1) is 38.0 Å². The number of nitrogens with zero attached hydrogens (tertiary/aromatic N) is 5. The van der Waals surface area contributed by atoms with E-state index in [-0.39, 0.29) is 4.90 Å². The second-order valence-electron chi connectivity index (χ2n) is 7.67. The number of hydrogen-bond acceptors (Lipinski definition) is 9. The molecule has 1 atom stereocenters. The molecule has 0 spiro atoms. The van der Waals surface area contributed by atoms with Gasteiger partial charge in [0.15, 0.2) is 23.0 Å². The molecule has 0 amide bonds. The van der Waals surface area contributed by atoms with Gasteiger partial charge in [0.2, 0.25) is 0 Å². The highest BCUT2D eigenvalue weighted by atomic mass is 32.2. The number of nitrogens with one attached hydrogen (secondary N) is 2. The van der Waals surface area contributed by atoms with Crippen molar-refractivity contribution in [1.29, 1.82) is 0 Å². The monoisotopic (exact) mass is 493 g/mol. The third-order valence-corrected chi connectivity index (χ3v) is 7.46. The van der Waals surface area contributed by atoms with Gasteiger partial charge in [0, 0.05) is 6.07 Å². The number of ether oxygens (including phenoxy) is 2. The summed E-state index contributed by atoms with van der Waals surface area (Å²) >= 11 is 0. The number of hydrogen-bond donors (Lipinski definition) is 2. The van der Waals surface area contributed by atoms with Crippen LogP contribution in [0.25, 0.3) is 11.2 Å². The van der Waals surface area contributed by atoms with Crippen LogP contribution in [0.5, 0.6) is 11.5 Å². The number of methoxy groups -OCH3 is 2. The Morgan fingerprint density at radius 3 is 2.63 bits per heavy atom. The highest BCUT2D eigenvalue weighted by Crippen LogP contribution is 2.39. The Balaban J connectivity index is 1.67. The second-order valence-corrected chi connectivity index (χ2v) is 9.43. The number of sulfonamides is 1. The summed E-state index contributed by atoms with van der Waals surface area (Å²) in [7, 11) is -0.979. The molecular formula is C23H23N7O4S. The van der Waals surface area contributed by atoms with Crippen molar-refractivity contribution in [2.75, 3.05) is 23.8 Å². The van der Waals surface area contributed by atoms with E-state index in [1.807, 2.05) is 6.92 Å². The van der Waals surface area contributed by atoms with Gasteiger partial charge in [-0.25, -0.2) is 32.7 Å². The summed E-state index contributed by atoms with van der Waals surface area (Å²) in [5.41, 5.74) is 1.84. The summed E-state index contributed by atoms with van der Waals surface area (Å²) in [5.74, 6) is 1.64. The van der Waals surface area contributed by atoms with Gasteiger partial charge in [-0.1, -0.05) is 19.1 Å². The second kappa shape index (κ2) is 8.87. The fraction of sp³-hybridized carbons (Fsp3) is 0.217. The molecule has 5 rings (SSSR count). The molecule has 11 nitrogen and oxygen atoms in total. The highest BCUT2D eigenvalue weighted by molar-refractivity contribution is 7.93. The van der Waals surface area contributed by atoms with Crippen molar-refractivity contribution in [2.24, 2.45) is 4.99 Å². The number of H-pyrrole nitrogens is 1. The van der Waals surface area contributed by atoms with E-state index in [1.165, 1.54) is 31.2 Å². The van der Waals surface area contributed by atoms with Gasteiger partial charge in [-0.15, -0.1) is 0 Å². The molecule has 35 heavy (non-hydrogen) atoms. The number of anilines is 2. The number of imidazole rings is 1. The fourth-order valence-electron chi connectivity index (χ4n) is 3.98. The molecule has 1 unspecified atom stereocenters. The zero-order chi connectivity index (χ0) is 24.6. The van der Waals surface area contributed by atoms with Crippen LogP contribution < -0.4 is 19.1 Å². The summed E-state index contributed by atoms with van der Waals surface area (Å²) < 4.78 is 39.8. The molecule has 0 radical (unpaired) electrons. The summed E-state index contributed by atoms with van der Waals surface area (Å²) in [6, 6.07) is 11.1. The van der Waals surface area contributed by atoms with Crippen LogP contribution >= 0.6 is 0 Å². The van der Waals surface area contributed by atoms with Crippen molar-refractivity contribution in [3.8, 4) is 11.5 Å². The minimum absolute atomic E-state index is 0.116. The molecule has 2 N–H and O–H groups in total. The van der Waals surface area contributed by atoms with Gasteiger partial charge in [-0.05, 0) is 30.7 Å². The van der Waals surface area contributed by atoms with E-state index in [4.69, 9.17) is 14.5 Å². The zero-order valence-corrected chi connectivity index (χ0v) is 20.1.